The van der Waals surface area contributed by atoms with Crippen molar-refractivity contribution in [2.45, 2.75) is 6.92 Å². The van der Waals surface area contributed by atoms with E-state index in [0.29, 0.717) is 27.3 Å². The molecule has 0 saturated carbocycles. The SMILES string of the molecule is Cc1ccc(-c2ccc(/C=C(\C#N)C(=O)Nc3cc(Cl)cc(Cl)c3)o2)cc1. The van der Waals surface area contributed by atoms with E-state index in [0.717, 1.165) is 11.1 Å². The summed E-state index contributed by atoms with van der Waals surface area (Å²) in [5.41, 5.74) is 2.36. The van der Waals surface area contributed by atoms with Crippen LogP contribution in [0.1, 0.15) is 11.3 Å². The first kappa shape index (κ1) is 18.8. The molecule has 0 aliphatic rings. The molecule has 0 unspecified atom stereocenters. The van der Waals surface area contributed by atoms with Gasteiger partial charge in [0.1, 0.15) is 23.2 Å². The van der Waals surface area contributed by atoms with Crippen LogP contribution in [0.3, 0.4) is 0 Å². The Bertz CT molecular complexity index is 1040. The van der Waals surface area contributed by atoms with Gasteiger partial charge >= 0.3 is 0 Å². The summed E-state index contributed by atoms with van der Waals surface area (Å²) in [6.45, 7) is 2.00. The van der Waals surface area contributed by atoms with Crippen molar-refractivity contribution in [2.75, 3.05) is 5.32 Å². The van der Waals surface area contributed by atoms with Crippen LogP contribution in [0.2, 0.25) is 10.0 Å². The maximum atomic E-state index is 12.4. The van der Waals surface area contributed by atoms with Crippen LogP contribution in [0.4, 0.5) is 5.69 Å². The number of amides is 1. The fraction of sp³-hybridized carbons (Fsp3) is 0.0476. The Morgan fingerprint density at radius 3 is 2.37 bits per heavy atom. The Kier molecular flexibility index (Phi) is 5.66. The topological polar surface area (TPSA) is 66.0 Å². The molecule has 134 valence electrons. The number of carbonyl (C=O) groups is 1. The molecule has 0 radical (unpaired) electrons. The van der Waals surface area contributed by atoms with E-state index >= 15 is 0 Å². The highest BCUT2D eigenvalue weighted by atomic mass is 35.5. The molecule has 3 aromatic rings. The predicted octanol–water partition coefficient (Wildman–Crippen LogP) is 6.11. The van der Waals surface area contributed by atoms with Gasteiger partial charge in [-0.25, -0.2) is 0 Å². The summed E-state index contributed by atoms with van der Waals surface area (Å²) in [6, 6.07) is 17.9. The number of hydrogen-bond acceptors (Lipinski definition) is 3. The molecule has 0 aliphatic heterocycles. The zero-order valence-corrected chi connectivity index (χ0v) is 15.8. The highest BCUT2D eigenvalue weighted by Crippen LogP contribution is 2.25. The van der Waals surface area contributed by atoms with Crippen LogP contribution in [0.5, 0.6) is 0 Å². The summed E-state index contributed by atoms with van der Waals surface area (Å²) >= 11 is 11.8. The second-order valence-electron chi connectivity index (χ2n) is 5.85. The van der Waals surface area contributed by atoms with Gasteiger partial charge in [0.2, 0.25) is 0 Å². The molecule has 6 heteroatoms. The van der Waals surface area contributed by atoms with E-state index in [1.165, 1.54) is 6.08 Å². The summed E-state index contributed by atoms with van der Waals surface area (Å²) in [4.78, 5) is 12.4. The molecule has 1 aromatic heterocycles. The van der Waals surface area contributed by atoms with Gasteiger partial charge in [0.05, 0.1) is 0 Å². The third-order valence-electron chi connectivity index (χ3n) is 3.73. The fourth-order valence-corrected chi connectivity index (χ4v) is 2.94. The van der Waals surface area contributed by atoms with E-state index in [4.69, 9.17) is 27.6 Å². The van der Waals surface area contributed by atoms with Gasteiger partial charge < -0.3 is 9.73 Å². The Morgan fingerprint density at radius 2 is 1.74 bits per heavy atom. The van der Waals surface area contributed by atoms with Gasteiger partial charge in [-0.2, -0.15) is 5.26 Å². The van der Waals surface area contributed by atoms with Gasteiger partial charge in [-0.15, -0.1) is 0 Å². The molecule has 0 atom stereocenters. The standard InChI is InChI=1S/C21H14Cl2N2O2/c1-13-2-4-14(5-3-13)20-7-6-19(27-20)8-15(12-24)21(26)25-18-10-16(22)9-17(23)11-18/h2-11H,1H3,(H,25,26)/b15-8+. The number of nitrogens with zero attached hydrogens (tertiary/aromatic N) is 1. The van der Waals surface area contributed by atoms with Crippen molar-refractivity contribution in [3.05, 3.63) is 81.5 Å². The summed E-state index contributed by atoms with van der Waals surface area (Å²) in [5, 5.41) is 12.7. The van der Waals surface area contributed by atoms with Crippen LogP contribution in [-0.2, 0) is 4.79 Å². The first-order valence-electron chi connectivity index (χ1n) is 8.01. The van der Waals surface area contributed by atoms with Crippen molar-refractivity contribution in [1.29, 1.82) is 5.26 Å². The lowest BCUT2D eigenvalue weighted by molar-refractivity contribution is -0.112. The van der Waals surface area contributed by atoms with Crippen molar-refractivity contribution < 1.29 is 9.21 Å². The lowest BCUT2D eigenvalue weighted by Crippen LogP contribution is -2.13. The molecule has 1 N–H and O–H groups in total. The average Bonchev–Trinajstić information content (AvgIpc) is 3.08. The number of rotatable bonds is 4. The van der Waals surface area contributed by atoms with Crippen molar-refractivity contribution in [3.8, 4) is 17.4 Å². The molecule has 0 saturated heterocycles. The quantitative estimate of drug-likeness (QED) is 0.427. The third-order valence-corrected chi connectivity index (χ3v) is 4.17. The zero-order valence-electron chi connectivity index (χ0n) is 14.3. The highest BCUT2D eigenvalue weighted by molar-refractivity contribution is 6.35. The van der Waals surface area contributed by atoms with Gasteiger partial charge in [0.15, 0.2) is 0 Å². The second kappa shape index (κ2) is 8.13. The van der Waals surface area contributed by atoms with E-state index in [1.54, 1.807) is 30.3 Å². The Labute approximate surface area is 166 Å². The van der Waals surface area contributed by atoms with Crippen LogP contribution >= 0.6 is 23.2 Å². The second-order valence-corrected chi connectivity index (χ2v) is 6.72. The third kappa shape index (κ3) is 4.79. The molecular formula is C21H14Cl2N2O2. The molecular weight excluding hydrogens is 383 g/mol. The molecule has 0 aliphatic carbocycles. The number of carbonyl (C=O) groups excluding carboxylic acids is 1. The largest absolute Gasteiger partial charge is 0.457 e. The number of nitrogens with one attached hydrogen (secondary N) is 1. The van der Waals surface area contributed by atoms with E-state index < -0.39 is 5.91 Å². The van der Waals surface area contributed by atoms with Gasteiger partial charge in [-0.05, 0) is 37.3 Å². The maximum Gasteiger partial charge on any atom is 0.266 e. The summed E-state index contributed by atoms with van der Waals surface area (Å²) in [6.07, 6.45) is 1.39. The Hall–Kier alpha value is -3.00. The van der Waals surface area contributed by atoms with Crippen molar-refractivity contribution >= 4 is 40.9 Å². The Morgan fingerprint density at radius 1 is 1.07 bits per heavy atom. The van der Waals surface area contributed by atoms with Gasteiger partial charge in [0, 0.05) is 27.4 Å². The number of aryl methyl sites for hydroxylation is 1. The first-order valence-corrected chi connectivity index (χ1v) is 8.76. The summed E-state index contributed by atoms with van der Waals surface area (Å²) < 4.78 is 5.73. The lowest BCUT2D eigenvalue weighted by Gasteiger charge is -2.05. The highest BCUT2D eigenvalue weighted by Gasteiger charge is 2.12. The molecule has 3 rings (SSSR count). The van der Waals surface area contributed by atoms with Gasteiger partial charge in [-0.3, -0.25) is 4.79 Å². The number of anilines is 1. The first-order chi connectivity index (χ1) is 12.9. The van der Waals surface area contributed by atoms with Crippen molar-refractivity contribution in [2.24, 2.45) is 0 Å². The zero-order chi connectivity index (χ0) is 19.4. The fourth-order valence-electron chi connectivity index (χ4n) is 2.42. The lowest BCUT2D eigenvalue weighted by atomic mass is 10.1. The number of benzene rings is 2. The predicted molar refractivity (Wildman–Crippen MR) is 108 cm³/mol. The van der Waals surface area contributed by atoms with Gasteiger partial charge in [-0.1, -0.05) is 53.0 Å². The van der Waals surface area contributed by atoms with Crippen LogP contribution in [0.15, 0.2) is 64.6 Å². The Balaban J connectivity index is 1.80. The van der Waals surface area contributed by atoms with Gasteiger partial charge in [0.25, 0.3) is 5.91 Å². The number of halogens is 2. The normalized spacial score (nSPS) is 11.1. The van der Waals surface area contributed by atoms with E-state index in [9.17, 15) is 10.1 Å². The minimum absolute atomic E-state index is 0.101. The van der Waals surface area contributed by atoms with Crippen LogP contribution in [0, 0.1) is 18.3 Å². The number of furan rings is 1. The monoisotopic (exact) mass is 396 g/mol. The van der Waals surface area contributed by atoms with Crippen LogP contribution < -0.4 is 5.32 Å². The van der Waals surface area contributed by atoms with E-state index in [2.05, 4.69) is 5.32 Å². The number of nitriles is 1. The average molecular weight is 397 g/mol. The molecule has 27 heavy (non-hydrogen) atoms. The van der Waals surface area contributed by atoms with E-state index in [1.807, 2.05) is 37.3 Å². The minimum atomic E-state index is -0.580. The number of hydrogen-bond donors (Lipinski definition) is 1. The molecule has 0 fully saturated rings. The van der Waals surface area contributed by atoms with Crippen LogP contribution in [-0.4, -0.2) is 5.91 Å². The van der Waals surface area contributed by atoms with E-state index in [-0.39, 0.29) is 5.57 Å². The van der Waals surface area contributed by atoms with Crippen LogP contribution in [0.25, 0.3) is 17.4 Å². The summed E-state index contributed by atoms with van der Waals surface area (Å²) in [7, 11) is 0. The molecule has 1 amide bonds. The molecule has 4 nitrogen and oxygen atoms in total. The van der Waals surface area contributed by atoms with Crippen molar-refractivity contribution in [1.82, 2.24) is 0 Å². The minimum Gasteiger partial charge on any atom is -0.457 e. The molecule has 2 aromatic carbocycles. The van der Waals surface area contributed by atoms with Crippen molar-refractivity contribution in [3.63, 3.8) is 0 Å². The molecule has 0 spiro atoms. The smallest absolute Gasteiger partial charge is 0.266 e. The molecule has 0 bridgehead atoms. The maximum absolute atomic E-state index is 12.4. The molecule has 1 heterocycles. The summed E-state index contributed by atoms with van der Waals surface area (Å²) in [5.74, 6) is 0.478.